The minimum atomic E-state index is -0.212. The van der Waals surface area contributed by atoms with E-state index in [0.717, 1.165) is 5.56 Å². The maximum atomic E-state index is 12.6. The molecule has 0 aliphatic carbocycles. The van der Waals surface area contributed by atoms with E-state index in [0.29, 0.717) is 6.61 Å². The van der Waals surface area contributed by atoms with Crippen LogP contribution in [-0.2, 0) is 4.74 Å². The molecule has 0 heterocycles. The molecule has 0 saturated heterocycles. The second-order valence-corrected chi connectivity index (χ2v) is 2.85. The zero-order valence-electron chi connectivity index (χ0n) is 7.88. The van der Waals surface area contributed by atoms with Crippen molar-refractivity contribution >= 4 is 0 Å². The summed E-state index contributed by atoms with van der Waals surface area (Å²) in [5.74, 6) is -0.212. The number of likely N-dealkylation sites (N-methyl/N-ethyl adjacent to an activating group) is 1. The average Bonchev–Trinajstić information content (AvgIpc) is 2.16. The molecule has 0 aliphatic rings. The molecule has 0 fully saturated rings. The third-order valence-corrected chi connectivity index (χ3v) is 1.95. The van der Waals surface area contributed by atoms with Crippen LogP contribution in [0.5, 0.6) is 0 Å². The lowest BCUT2D eigenvalue weighted by Gasteiger charge is -2.15. The Bertz CT molecular complexity index is 248. The van der Waals surface area contributed by atoms with E-state index in [1.54, 1.807) is 19.2 Å². The first kappa shape index (κ1) is 10.2. The van der Waals surface area contributed by atoms with Crippen molar-refractivity contribution in [1.82, 2.24) is 5.32 Å². The Labute approximate surface area is 77.7 Å². The third-order valence-electron chi connectivity index (χ3n) is 1.95. The van der Waals surface area contributed by atoms with Crippen molar-refractivity contribution in [3.8, 4) is 0 Å². The number of halogens is 1. The maximum Gasteiger partial charge on any atom is 0.123 e. The van der Waals surface area contributed by atoms with Crippen molar-refractivity contribution < 1.29 is 9.13 Å². The summed E-state index contributed by atoms with van der Waals surface area (Å²) in [6.45, 7) is 0.585. The fraction of sp³-hybridized carbons (Fsp3) is 0.400. The first-order valence-corrected chi connectivity index (χ1v) is 4.19. The van der Waals surface area contributed by atoms with Crippen LogP contribution in [0.15, 0.2) is 24.3 Å². The van der Waals surface area contributed by atoms with Crippen molar-refractivity contribution in [1.29, 1.82) is 0 Å². The molecule has 1 N–H and O–H groups in total. The standard InChI is InChI=1S/C10H14FNO/c1-12-10(7-13-2)8-3-5-9(11)6-4-8/h3-6,10,12H,7H2,1-2H3. The highest BCUT2D eigenvalue weighted by Gasteiger charge is 2.07. The summed E-state index contributed by atoms with van der Waals surface area (Å²) in [7, 11) is 3.50. The van der Waals surface area contributed by atoms with Crippen LogP contribution in [0.1, 0.15) is 11.6 Å². The largest absolute Gasteiger partial charge is 0.383 e. The van der Waals surface area contributed by atoms with E-state index in [1.165, 1.54) is 12.1 Å². The summed E-state index contributed by atoms with van der Waals surface area (Å²) < 4.78 is 17.6. The number of methoxy groups -OCH3 is 1. The van der Waals surface area contributed by atoms with Crippen molar-refractivity contribution in [3.05, 3.63) is 35.6 Å². The summed E-state index contributed by atoms with van der Waals surface area (Å²) in [5.41, 5.74) is 1.03. The quantitative estimate of drug-likeness (QED) is 0.767. The molecule has 2 nitrogen and oxygen atoms in total. The number of benzene rings is 1. The van der Waals surface area contributed by atoms with E-state index in [9.17, 15) is 4.39 Å². The van der Waals surface area contributed by atoms with Crippen LogP contribution in [0.2, 0.25) is 0 Å². The molecule has 0 saturated carbocycles. The molecule has 13 heavy (non-hydrogen) atoms. The number of rotatable bonds is 4. The summed E-state index contributed by atoms with van der Waals surface area (Å²) in [4.78, 5) is 0. The van der Waals surface area contributed by atoms with Gasteiger partial charge in [0, 0.05) is 7.11 Å². The Kier molecular flexibility index (Phi) is 3.86. The van der Waals surface area contributed by atoms with E-state index in [4.69, 9.17) is 4.74 Å². The summed E-state index contributed by atoms with van der Waals surface area (Å²) in [6.07, 6.45) is 0. The van der Waals surface area contributed by atoms with Crippen LogP contribution in [0.25, 0.3) is 0 Å². The molecule has 0 bridgehead atoms. The molecule has 0 radical (unpaired) electrons. The minimum absolute atomic E-state index is 0.130. The molecular weight excluding hydrogens is 169 g/mol. The van der Waals surface area contributed by atoms with Gasteiger partial charge in [-0.3, -0.25) is 0 Å². The first-order chi connectivity index (χ1) is 6.27. The van der Waals surface area contributed by atoms with Crippen LogP contribution in [0, 0.1) is 5.82 Å². The van der Waals surface area contributed by atoms with Crippen LogP contribution in [0.3, 0.4) is 0 Å². The predicted octanol–water partition coefficient (Wildman–Crippen LogP) is 1.73. The van der Waals surface area contributed by atoms with E-state index in [-0.39, 0.29) is 11.9 Å². The fourth-order valence-corrected chi connectivity index (χ4v) is 1.21. The van der Waals surface area contributed by atoms with Crippen LogP contribution >= 0.6 is 0 Å². The summed E-state index contributed by atoms with van der Waals surface area (Å²) in [6, 6.07) is 6.56. The molecule has 3 heteroatoms. The van der Waals surface area contributed by atoms with Crippen LogP contribution in [0.4, 0.5) is 4.39 Å². The van der Waals surface area contributed by atoms with Gasteiger partial charge >= 0.3 is 0 Å². The highest BCUT2D eigenvalue weighted by Crippen LogP contribution is 2.12. The third kappa shape index (κ3) is 2.79. The lowest BCUT2D eigenvalue weighted by Crippen LogP contribution is -2.20. The fourth-order valence-electron chi connectivity index (χ4n) is 1.21. The second-order valence-electron chi connectivity index (χ2n) is 2.85. The van der Waals surface area contributed by atoms with Gasteiger partial charge in [0.05, 0.1) is 12.6 Å². The van der Waals surface area contributed by atoms with E-state index in [2.05, 4.69) is 5.32 Å². The monoisotopic (exact) mass is 183 g/mol. The van der Waals surface area contributed by atoms with Gasteiger partial charge in [-0.15, -0.1) is 0 Å². The molecule has 0 aliphatic heterocycles. The van der Waals surface area contributed by atoms with E-state index < -0.39 is 0 Å². The molecule has 1 atom stereocenters. The molecule has 0 amide bonds. The number of hydrogen-bond acceptors (Lipinski definition) is 2. The zero-order chi connectivity index (χ0) is 9.68. The Morgan fingerprint density at radius 1 is 1.38 bits per heavy atom. The summed E-state index contributed by atoms with van der Waals surface area (Å²) >= 11 is 0. The summed E-state index contributed by atoms with van der Waals surface area (Å²) in [5, 5.41) is 3.09. The zero-order valence-corrected chi connectivity index (χ0v) is 7.88. The molecular formula is C10H14FNO. The number of nitrogens with one attached hydrogen (secondary N) is 1. The van der Waals surface area contributed by atoms with Gasteiger partial charge < -0.3 is 10.1 Å². The predicted molar refractivity (Wildman–Crippen MR) is 50.1 cm³/mol. The highest BCUT2D eigenvalue weighted by molar-refractivity contribution is 5.19. The Balaban J connectivity index is 2.73. The van der Waals surface area contributed by atoms with Gasteiger partial charge in [-0.25, -0.2) is 4.39 Å². The lowest BCUT2D eigenvalue weighted by atomic mass is 10.1. The smallest absolute Gasteiger partial charge is 0.123 e. The highest BCUT2D eigenvalue weighted by atomic mass is 19.1. The molecule has 1 aromatic rings. The molecule has 0 spiro atoms. The van der Waals surface area contributed by atoms with Crippen molar-refractivity contribution in [3.63, 3.8) is 0 Å². The Morgan fingerprint density at radius 2 is 2.00 bits per heavy atom. The van der Waals surface area contributed by atoms with Crippen LogP contribution in [-0.4, -0.2) is 20.8 Å². The van der Waals surface area contributed by atoms with Gasteiger partial charge in [-0.1, -0.05) is 12.1 Å². The van der Waals surface area contributed by atoms with Crippen molar-refractivity contribution in [2.75, 3.05) is 20.8 Å². The van der Waals surface area contributed by atoms with Gasteiger partial charge in [0.1, 0.15) is 5.82 Å². The van der Waals surface area contributed by atoms with Gasteiger partial charge in [-0.2, -0.15) is 0 Å². The topological polar surface area (TPSA) is 21.3 Å². The average molecular weight is 183 g/mol. The van der Waals surface area contributed by atoms with Crippen LogP contribution < -0.4 is 5.32 Å². The first-order valence-electron chi connectivity index (χ1n) is 4.19. The second kappa shape index (κ2) is 4.94. The molecule has 1 unspecified atom stereocenters. The molecule has 1 rings (SSSR count). The Morgan fingerprint density at radius 3 is 2.46 bits per heavy atom. The SMILES string of the molecule is CNC(COC)c1ccc(F)cc1. The lowest BCUT2D eigenvalue weighted by molar-refractivity contribution is 0.170. The van der Waals surface area contributed by atoms with Crippen molar-refractivity contribution in [2.24, 2.45) is 0 Å². The van der Waals surface area contributed by atoms with Crippen molar-refractivity contribution in [2.45, 2.75) is 6.04 Å². The Hall–Kier alpha value is -0.930. The molecule has 1 aromatic carbocycles. The normalized spacial score (nSPS) is 12.8. The van der Waals surface area contributed by atoms with Gasteiger partial charge in [0.15, 0.2) is 0 Å². The van der Waals surface area contributed by atoms with Gasteiger partial charge in [0.2, 0.25) is 0 Å². The maximum absolute atomic E-state index is 12.6. The van der Waals surface area contributed by atoms with E-state index in [1.807, 2.05) is 7.05 Å². The molecule has 0 aromatic heterocycles. The molecule has 72 valence electrons. The van der Waals surface area contributed by atoms with Gasteiger partial charge in [0.25, 0.3) is 0 Å². The minimum Gasteiger partial charge on any atom is -0.383 e. The van der Waals surface area contributed by atoms with Gasteiger partial charge in [-0.05, 0) is 24.7 Å². The van der Waals surface area contributed by atoms with E-state index >= 15 is 0 Å². The number of hydrogen-bond donors (Lipinski definition) is 1. The number of ether oxygens (including phenoxy) is 1.